The summed E-state index contributed by atoms with van der Waals surface area (Å²) >= 11 is 1.57. The van der Waals surface area contributed by atoms with Crippen LogP contribution in [0.5, 0.6) is 0 Å². The molecule has 19 heavy (non-hydrogen) atoms. The lowest BCUT2D eigenvalue weighted by molar-refractivity contribution is 0.166. The van der Waals surface area contributed by atoms with Crippen molar-refractivity contribution >= 4 is 21.5 Å². The van der Waals surface area contributed by atoms with Crippen molar-refractivity contribution in [1.82, 2.24) is 8.61 Å². The molecule has 0 amide bonds. The summed E-state index contributed by atoms with van der Waals surface area (Å²) in [4.78, 5) is 0. The van der Waals surface area contributed by atoms with E-state index in [0.717, 1.165) is 18.4 Å². The van der Waals surface area contributed by atoms with Crippen LogP contribution in [0.2, 0.25) is 0 Å². The van der Waals surface area contributed by atoms with Crippen molar-refractivity contribution in [3.05, 3.63) is 22.4 Å². The Morgan fingerprint density at radius 2 is 2.16 bits per heavy atom. The average molecular weight is 304 g/mol. The molecular formula is C12H20N2O3S2. The summed E-state index contributed by atoms with van der Waals surface area (Å²) in [7, 11) is -1.76. The van der Waals surface area contributed by atoms with Gasteiger partial charge in [0.05, 0.1) is 0 Å². The topological polar surface area (TPSA) is 60.9 Å². The highest BCUT2D eigenvalue weighted by molar-refractivity contribution is 7.86. The van der Waals surface area contributed by atoms with Crippen LogP contribution in [0.4, 0.5) is 0 Å². The average Bonchev–Trinajstić information content (AvgIpc) is 2.91. The summed E-state index contributed by atoms with van der Waals surface area (Å²) in [5.41, 5.74) is 1.02. The molecule has 2 rings (SSSR count). The number of rotatable bonds is 5. The lowest BCUT2D eigenvalue weighted by Crippen LogP contribution is -2.45. The normalized spacial score (nSPS) is 19.1. The highest BCUT2D eigenvalue weighted by Gasteiger charge is 2.30. The predicted octanol–water partition coefficient (Wildman–Crippen LogP) is 1.13. The molecular weight excluding hydrogens is 284 g/mol. The van der Waals surface area contributed by atoms with Crippen molar-refractivity contribution < 1.29 is 13.5 Å². The lowest BCUT2D eigenvalue weighted by Gasteiger charge is -2.33. The van der Waals surface area contributed by atoms with Gasteiger partial charge in [0.1, 0.15) is 0 Å². The maximum absolute atomic E-state index is 12.4. The molecule has 1 aromatic rings. The summed E-state index contributed by atoms with van der Waals surface area (Å²) in [6, 6.07) is 1.94. The quantitative estimate of drug-likeness (QED) is 0.887. The first kappa shape index (κ1) is 14.9. The third-order valence-corrected chi connectivity index (χ3v) is 6.20. The first-order valence-electron chi connectivity index (χ1n) is 6.37. The zero-order valence-corrected chi connectivity index (χ0v) is 12.7. The van der Waals surface area contributed by atoms with Gasteiger partial charge in [0.25, 0.3) is 10.2 Å². The molecule has 2 heterocycles. The molecule has 1 fully saturated rings. The van der Waals surface area contributed by atoms with Gasteiger partial charge in [-0.05, 0) is 41.1 Å². The molecule has 1 aromatic heterocycles. The zero-order chi connectivity index (χ0) is 13.9. The second-order valence-electron chi connectivity index (χ2n) is 4.92. The van der Waals surface area contributed by atoms with Gasteiger partial charge in [-0.2, -0.15) is 28.4 Å². The van der Waals surface area contributed by atoms with Crippen molar-refractivity contribution in [3.63, 3.8) is 0 Å². The monoisotopic (exact) mass is 304 g/mol. The first-order chi connectivity index (χ1) is 9.04. The van der Waals surface area contributed by atoms with E-state index in [9.17, 15) is 8.42 Å². The van der Waals surface area contributed by atoms with E-state index in [0.29, 0.717) is 19.6 Å². The van der Waals surface area contributed by atoms with Gasteiger partial charge in [0.2, 0.25) is 0 Å². The summed E-state index contributed by atoms with van der Waals surface area (Å²) in [6.45, 7) is 1.56. The SMILES string of the molecule is CN(Cc1ccsc1)S(=O)(=O)N1CCC(CO)CC1. The lowest BCUT2D eigenvalue weighted by atomic mass is 10.00. The Balaban J connectivity index is 1.98. The van der Waals surface area contributed by atoms with Crippen molar-refractivity contribution in [1.29, 1.82) is 0 Å². The highest BCUT2D eigenvalue weighted by atomic mass is 32.2. The van der Waals surface area contributed by atoms with E-state index in [1.165, 1.54) is 8.61 Å². The van der Waals surface area contributed by atoms with Crippen molar-refractivity contribution in [3.8, 4) is 0 Å². The van der Waals surface area contributed by atoms with Gasteiger partial charge in [0, 0.05) is 33.3 Å². The van der Waals surface area contributed by atoms with Crippen LogP contribution in [0.15, 0.2) is 16.8 Å². The van der Waals surface area contributed by atoms with Crippen LogP contribution in [0.25, 0.3) is 0 Å². The summed E-state index contributed by atoms with van der Waals surface area (Å²) in [6.07, 6.45) is 1.48. The number of thiophene rings is 1. The Morgan fingerprint density at radius 1 is 1.47 bits per heavy atom. The van der Waals surface area contributed by atoms with Crippen molar-refractivity contribution in [2.24, 2.45) is 5.92 Å². The number of hydrogen-bond donors (Lipinski definition) is 1. The number of piperidine rings is 1. The molecule has 5 nitrogen and oxygen atoms in total. The van der Waals surface area contributed by atoms with Gasteiger partial charge in [-0.1, -0.05) is 0 Å². The molecule has 1 saturated heterocycles. The molecule has 0 radical (unpaired) electrons. The van der Waals surface area contributed by atoms with E-state index in [4.69, 9.17) is 5.11 Å². The predicted molar refractivity (Wildman–Crippen MR) is 76.1 cm³/mol. The number of hydrogen-bond acceptors (Lipinski definition) is 4. The fourth-order valence-electron chi connectivity index (χ4n) is 2.24. The van der Waals surface area contributed by atoms with Gasteiger partial charge < -0.3 is 5.11 Å². The Labute approximate surface area is 118 Å². The van der Waals surface area contributed by atoms with E-state index in [1.54, 1.807) is 18.4 Å². The van der Waals surface area contributed by atoms with Gasteiger partial charge >= 0.3 is 0 Å². The highest BCUT2D eigenvalue weighted by Crippen LogP contribution is 2.21. The van der Waals surface area contributed by atoms with Crippen molar-refractivity contribution in [2.45, 2.75) is 19.4 Å². The van der Waals surface area contributed by atoms with Crippen LogP contribution in [-0.2, 0) is 16.8 Å². The van der Waals surface area contributed by atoms with Gasteiger partial charge in [-0.25, -0.2) is 0 Å². The summed E-state index contributed by atoms with van der Waals surface area (Å²) < 4.78 is 27.7. The summed E-state index contributed by atoms with van der Waals surface area (Å²) in [5, 5.41) is 13.0. The van der Waals surface area contributed by atoms with Crippen LogP contribution in [0, 0.1) is 5.92 Å². The first-order valence-corrected chi connectivity index (χ1v) is 8.71. The van der Waals surface area contributed by atoms with E-state index >= 15 is 0 Å². The van der Waals surface area contributed by atoms with Gasteiger partial charge in [-0.3, -0.25) is 0 Å². The number of aliphatic hydroxyl groups is 1. The number of nitrogens with zero attached hydrogens (tertiary/aromatic N) is 2. The third kappa shape index (κ3) is 3.55. The van der Waals surface area contributed by atoms with E-state index < -0.39 is 10.2 Å². The third-order valence-electron chi connectivity index (χ3n) is 3.54. The minimum absolute atomic E-state index is 0.151. The van der Waals surface area contributed by atoms with Crippen LogP contribution in [0.3, 0.4) is 0 Å². The van der Waals surface area contributed by atoms with E-state index in [2.05, 4.69) is 0 Å². The fourth-order valence-corrected chi connectivity index (χ4v) is 4.28. The molecule has 1 aliphatic rings. The molecule has 0 atom stereocenters. The molecule has 0 aliphatic carbocycles. The molecule has 7 heteroatoms. The molecule has 1 N–H and O–H groups in total. The Kier molecular flexibility index (Phi) is 4.97. The maximum Gasteiger partial charge on any atom is 0.282 e. The summed E-state index contributed by atoms with van der Waals surface area (Å²) in [5.74, 6) is 0.244. The fraction of sp³-hybridized carbons (Fsp3) is 0.667. The molecule has 0 aromatic carbocycles. The maximum atomic E-state index is 12.4. The smallest absolute Gasteiger partial charge is 0.282 e. The van der Waals surface area contributed by atoms with E-state index in [-0.39, 0.29) is 12.5 Å². The van der Waals surface area contributed by atoms with E-state index in [1.807, 2.05) is 16.8 Å². The largest absolute Gasteiger partial charge is 0.396 e. The van der Waals surface area contributed by atoms with Crippen LogP contribution in [-0.4, -0.2) is 48.9 Å². The van der Waals surface area contributed by atoms with Crippen LogP contribution >= 0.6 is 11.3 Å². The van der Waals surface area contributed by atoms with Gasteiger partial charge in [0.15, 0.2) is 0 Å². The Bertz CT molecular complexity index is 479. The van der Waals surface area contributed by atoms with Crippen molar-refractivity contribution in [2.75, 3.05) is 26.7 Å². The van der Waals surface area contributed by atoms with Crippen LogP contribution in [0.1, 0.15) is 18.4 Å². The van der Waals surface area contributed by atoms with Gasteiger partial charge in [-0.15, -0.1) is 0 Å². The standard InChI is InChI=1S/C12H20N2O3S2/c1-13(8-12-4-7-18-10-12)19(16,17)14-5-2-11(9-15)3-6-14/h4,7,10-11,15H,2-3,5-6,8-9H2,1H3. The minimum atomic E-state index is -3.38. The molecule has 0 bridgehead atoms. The minimum Gasteiger partial charge on any atom is -0.396 e. The van der Waals surface area contributed by atoms with Crippen LogP contribution < -0.4 is 0 Å². The molecule has 0 saturated carbocycles. The Morgan fingerprint density at radius 3 is 2.68 bits per heavy atom. The molecule has 0 unspecified atom stereocenters. The number of aliphatic hydroxyl groups excluding tert-OH is 1. The molecule has 1 aliphatic heterocycles. The second-order valence-corrected chi connectivity index (χ2v) is 7.74. The molecule has 108 valence electrons. The Hall–Kier alpha value is -0.470. The zero-order valence-electron chi connectivity index (χ0n) is 11.0. The molecule has 0 spiro atoms. The second kappa shape index (κ2) is 6.32.